The van der Waals surface area contributed by atoms with Crippen LogP contribution in [0.4, 0.5) is 0 Å². The van der Waals surface area contributed by atoms with Crippen LogP contribution in [0.25, 0.3) is 0 Å². The van der Waals surface area contributed by atoms with E-state index in [2.05, 4.69) is 10.2 Å². The van der Waals surface area contributed by atoms with Crippen LogP contribution >= 0.6 is 11.8 Å². The van der Waals surface area contributed by atoms with Crippen LogP contribution in [0.5, 0.6) is 0 Å². The molecule has 0 saturated heterocycles. The normalized spacial score (nSPS) is 14.7. The van der Waals surface area contributed by atoms with Crippen molar-refractivity contribution in [2.75, 3.05) is 20.3 Å². The van der Waals surface area contributed by atoms with Gasteiger partial charge in [0.2, 0.25) is 0 Å². The van der Waals surface area contributed by atoms with E-state index in [9.17, 15) is 9.90 Å². The number of hydrogen-bond acceptors (Lipinski definition) is 6. The van der Waals surface area contributed by atoms with E-state index >= 15 is 0 Å². The van der Waals surface area contributed by atoms with Crippen LogP contribution in [0.3, 0.4) is 0 Å². The average molecular weight is 276 g/mol. The lowest BCUT2D eigenvalue weighted by atomic mass is 10.2. The molecule has 2 atom stereocenters. The van der Waals surface area contributed by atoms with Gasteiger partial charge in [0.05, 0.1) is 18.5 Å². The maximum absolute atomic E-state index is 11.5. The predicted molar refractivity (Wildman–Crippen MR) is 69.7 cm³/mol. The van der Waals surface area contributed by atoms with Gasteiger partial charge in [0.25, 0.3) is 0 Å². The van der Waals surface area contributed by atoms with E-state index in [0.717, 1.165) is 6.42 Å². The minimum absolute atomic E-state index is 0.0949. The Morgan fingerprint density at radius 1 is 1.67 bits per heavy atom. The molecular formula is C10H20N4O3S. The smallest absolute Gasteiger partial charge is 0.343 e. The van der Waals surface area contributed by atoms with Crippen molar-refractivity contribution in [3.05, 3.63) is 10.5 Å². The topological polar surface area (TPSA) is 106 Å². The SMILES string of the molecule is CCCn1c(SC(CO)C(N)COC)n[nH]c1=O. The van der Waals surface area contributed by atoms with E-state index in [4.69, 9.17) is 10.5 Å². The molecule has 1 heterocycles. The van der Waals surface area contributed by atoms with E-state index in [0.29, 0.717) is 18.3 Å². The van der Waals surface area contributed by atoms with E-state index in [1.807, 2.05) is 6.92 Å². The molecule has 0 aliphatic heterocycles. The molecular weight excluding hydrogens is 256 g/mol. The minimum Gasteiger partial charge on any atom is -0.395 e. The molecule has 1 rings (SSSR count). The molecule has 7 nitrogen and oxygen atoms in total. The van der Waals surface area contributed by atoms with Crippen LogP contribution in [0.15, 0.2) is 9.95 Å². The summed E-state index contributed by atoms with van der Waals surface area (Å²) in [5.74, 6) is 0. The molecule has 0 radical (unpaired) electrons. The first-order chi connectivity index (χ1) is 8.63. The van der Waals surface area contributed by atoms with Gasteiger partial charge in [-0.15, -0.1) is 5.10 Å². The van der Waals surface area contributed by atoms with Crippen molar-refractivity contribution in [2.24, 2.45) is 5.73 Å². The van der Waals surface area contributed by atoms with Gasteiger partial charge in [-0.25, -0.2) is 9.89 Å². The van der Waals surface area contributed by atoms with Crippen molar-refractivity contribution in [3.63, 3.8) is 0 Å². The molecule has 104 valence electrons. The van der Waals surface area contributed by atoms with Gasteiger partial charge in [0.1, 0.15) is 0 Å². The summed E-state index contributed by atoms with van der Waals surface area (Å²) in [5, 5.41) is 16.0. The predicted octanol–water partition coefficient (Wildman–Crippen LogP) is -0.592. The number of nitrogens with one attached hydrogen (secondary N) is 1. The van der Waals surface area contributed by atoms with Crippen molar-refractivity contribution >= 4 is 11.8 Å². The molecule has 2 unspecified atom stereocenters. The first-order valence-corrected chi connectivity index (χ1v) is 6.69. The van der Waals surface area contributed by atoms with Gasteiger partial charge in [-0.2, -0.15) is 0 Å². The van der Waals surface area contributed by atoms with E-state index in [1.54, 1.807) is 11.7 Å². The highest BCUT2D eigenvalue weighted by molar-refractivity contribution is 7.99. The molecule has 0 fully saturated rings. The maximum Gasteiger partial charge on any atom is 0.343 e. The van der Waals surface area contributed by atoms with Gasteiger partial charge in [-0.05, 0) is 6.42 Å². The lowest BCUT2D eigenvalue weighted by Gasteiger charge is -2.20. The van der Waals surface area contributed by atoms with Crippen molar-refractivity contribution in [3.8, 4) is 0 Å². The maximum atomic E-state index is 11.5. The van der Waals surface area contributed by atoms with Crippen LogP contribution in [-0.4, -0.2) is 51.5 Å². The zero-order valence-electron chi connectivity index (χ0n) is 10.6. The quantitative estimate of drug-likeness (QED) is 0.548. The second-order valence-electron chi connectivity index (χ2n) is 3.92. The molecule has 1 aromatic heterocycles. The van der Waals surface area contributed by atoms with Gasteiger partial charge in [0, 0.05) is 19.7 Å². The van der Waals surface area contributed by atoms with Crippen LogP contribution in [0, 0.1) is 0 Å². The zero-order chi connectivity index (χ0) is 13.5. The van der Waals surface area contributed by atoms with Gasteiger partial charge in [0.15, 0.2) is 5.16 Å². The van der Waals surface area contributed by atoms with Gasteiger partial charge in [-0.1, -0.05) is 18.7 Å². The Morgan fingerprint density at radius 3 is 2.94 bits per heavy atom. The zero-order valence-corrected chi connectivity index (χ0v) is 11.4. The molecule has 1 aromatic rings. The summed E-state index contributed by atoms with van der Waals surface area (Å²) in [7, 11) is 1.56. The van der Waals surface area contributed by atoms with Crippen LogP contribution < -0.4 is 11.4 Å². The van der Waals surface area contributed by atoms with Crippen molar-refractivity contribution in [1.29, 1.82) is 0 Å². The molecule has 0 saturated carbocycles. The third-order valence-corrected chi connectivity index (χ3v) is 3.77. The number of aliphatic hydroxyl groups is 1. The third kappa shape index (κ3) is 3.84. The number of H-pyrrole nitrogens is 1. The highest BCUT2D eigenvalue weighted by Gasteiger charge is 2.21. The Labute approximate surface area is 110 Å². The summed E-state index contributed by atoms with van der Waals surface area (Å²) in [6.45, 7) is 2.83. The summed E-state index contributed by atoms with van der Waals surface area (Å²) < 4.78 is 6.51. The fourth-order valence-corrected chi connectivity index (χ4v) is 2.51. The average Bonchev–Trinajstić information content (AvgIpc) is 2.69. The highest BCUT2D eigenvalue weighted by Crippen LogP contribution is 2.22. The number of rotatable bonds is 8. The Morgan fingerprint density at radius 2 is 2.39 bits per heavy atom. The molecule has 0 amide bonds. The van der Waals surface area contributed by atoms with Crippen molar-refractivity contribution in [1.82, 2.24) is 14.8 Å². The largest absolute Gasteiger partial charge is 0.395 e. The number of ether oxygens (including phenoxy) is 1. The highest BCUT2D eigenvalue weighted by atomic mass is 32.2. The summed E-state index contributed by atoms with van der Waals surface area (Å²) in [6.07, 6.45) is 0.834. The second kappa shape index (κ2) is 7.57. The fraction of sp³-hybridized carbons (Fsp3) is 0.800. The number of nitrogens with zero attached hydrogens (tertiary/aromatic N) is 2. The Hall–Kier alpha value is -0.830. The Bertz CT molecular complexity index is 406. The minimum atomic E-state index is -0.313. The standard InChI is InChI=1S/C10H20N4O3S/c1-3-4-14-9(16)12-13-10(14)18-8(5-15)7(11)6-17-2/h7-8,15H,3-6,11H2,1-2H3,(H,12,16). The third-order valence-electron chi connectivity index (χ3n) is 2.44. The molecule has 0 aliphatic rings. The van der Waals surface area contributed by atoms with Gasteiger partial charge < -0.3 is 15.6 Å². The molecule has 0 spiro atoms. The first-order valence-electron chi connectivity index (χ1n) is 5.81. The molecule has 18 heavy (non-hydrogen) atoms. The fourth-order valence-electron chi connectivity index (χ4n) is 1.51. The second-order valence-corrected chi connectivity index (χ2v) is 5.13. The number of hydrogen-bond donors (Lipinski definition) is 3. The molecule has 0 bridgehead atoms. The number of thioether (sulfide) groups is 1. The lowest BCUT2D eigenvalue weighted by Crippen LogP contribution is -2.39. The monoisotopic (exact) mass is 276 g/mol. The molecule has 8 heteroatoms. The molecule has 0 aromatic carbocycles. The van der Waals surface area contributed by atoms with Crippen molar-refractivity contribution < 1.29 is 9.84 Å². The Balaban J connectivity index is 2.78. The molecule has 4 N–H and O–H groups in total. The molecule has 0 aliphatic carbocycles. The van der Waals surface area contributed by atoms with Crippen LogP contribution in [0.2, 0.25) is 0 Å². The van der Waals surface area contributed by atoms with Crippen molar-refractivity contribution in [2.45, 2.75) is 36.3 Å². The summed E-state index contributed by atoms with van der Waals surface area (Å²) in [4.78, 5) is 11.5. The summed E-state index contributed by atoms with van der Waals surface area (Å²) >= 11 is 1.29. The number of aliphatic hydroxyl groups excluding tert-OH is 1. The Kier molecular flexibility index (Phi) is 6.41. The van der Waals surface area contributed by atoms with Gasteiger partial charge in [-0.3, -0.25) is 4.57 Å². The summed E-state index contributed by atoms with van der Waals surface area (Å²) in [5.41, 5.74) is 5.65. The number of aromatic nitrogens is 3. The van der Waals surface area contributed by atoms with E-state index in [-0.39, 0.29) is 23.6 Å². The van der Waals surface area contributed by atoms with E-state index in [1.165, 1.54) is 11.8 Å². The number of aromatic amines is 1. The number of nitrogens with two attached hydrogens (primary N) is 1. The van der Waals surface area contributed by atoms with Crippen LogP contribution in [-0.2, 0) is 11.3 Å². The van der Waals surface area contributed by atoms with Crippen LogP contribution in [0.1, 0.15) is 13.3 Å². The van der Waals surface area contributed by atoms with E-state index < -0.39 is 0 Å². The number of methoxy groups -OCH3 is 1. The van der Waals surface area contributed by atoms with Gasteiger partial charge >= 0.3 is 5.69 Å². The summed E-state index contributed by atoms with van der Waals surface area (Å²) in [6, 6.07) is -0.313. The lowest BCUT2D eigenvalue weighted by molar-refractivity contribution is 0.167. The first kappa shape index (κ1) is 15.2.